The third-order valence-electron chi connectivity index (χ3n) is 3.88. The molecule has 0 radical (unpaired) electrons. The van der Waals surface area contributed by atoms with Crippen molar-refractivity contribution in [3.8, 4) is 0 Å². The molecular formula is C17H29N5O. The molecule has 6 nitrogen and oxygen atoms in total. The maximum atomic E-state index is 5.57. The Labute approximate surface area is 139 Å². The lowest BCUT2D eigenvalue weighted by atomic mass is 10.2. The topological polar surface area (TPSA) is 61.8 Å². The van der Waals surface area contributed by atoms with Crippen LogP contribution in [0.4, 0.5) is 5.82 Å². The summed E-state index contributed by atoms with van der Waals surface area (Å²) in [4.78, 5) is 11.1. The van der Waals surface area contributed by atoms with E-state index < -0.39 is 0 Å². The quantitative estimate of drug-likeness (QED) is 0.475. The number of aromatic nitrogens is 1. The Morgan fingerprint density at radius 1 is 1.43 bits per heavy atom. The van der Waals surface area contributed by atoms with Crippen molar-refractivity contribution in [2.75, 3.05) is 38.2 Å². The Bertz CT molecular complexity index is 488. The molecule has 1 aromatic rings. The maximum absolute atomic E-state index is 5.57. The number of hydrogen-bond acceptors (Lipinski definition) is 4. The van der Waals surface area contributed by atoms with Gasteiger partial charge in [-0.25, -0.2) is 4.98 Å². The fourth-order valence-corrected chi connectivity index (χ4v) is 2.52. The van der Waals surface area contributed by atoms with Gasteiger partial charge in [-0.3, -0.25) is 4.99 Å². The Kier molecular flexibility index (Phi) is 7.13. The van der Waals surface area contributed by atoms with Crippen molar-refractivity contribution in [3.05, 3.63) is 23.9 Å². The van der Waals surface area contributed by atoms with Gasteiger partial charge in [-0.05, 0) is 25.0 Å². The molecule has 0 aliphatic carbocycles. The van der Waals surface area contributed by atoms with Gasteiger partial charge in [0, 0.05) is 39.4 Å². The summed E-state index contributed by atoms with van der Waals surface area (Å²) in [7, 11) is 1.79. The Morgan fingerprint density at radius 2 is 2.30 bits per heavy atom. The van der Waals surface area contributed by atoms with Crippen LogP contribution in [0.5, 0.6) is 0 Å². The summed E-state index contributed by atoms with van der Waals surface area (Å²) >= 11 is 0. The lowest BCUT2D eigenvalue weighted by molar-refractivity contribution is 0.0529. The molecule has 2 N–H and O–H groups in total. The highest BCUT2D eigenvalue weighted by Gasteiger charge is 2.17. The average Bonchev–Trinajstić information content (AvgIpc) is 2.58. The van der Waals surface area contributed by atoms with Crippen LogP contribution in [0.2, 0.25) is 0 Å². The van der Waals surface area contributed by atoms with Gasteiger partial charge in [-0.2, -0.15) is 0 Å². The summed E-state index contributed by atoms with van der Waals surface area (Å²) in [6, 6.07) is 4.21. The van der Waals surface area contributed by atoms with Crippen molar-refractivity contribution in [2.45, 2.75) is 39.3 Å². The van der Waals surface area contributed by atoms with Gasteiger partial charge in [0.15, 0.2) is 5.96 Å². The van der Waals surface area contributed by atoms with E-state index in [0.29, 0.717) is 0 Å². The number of pyridine rings is 1. The highest BCUT2D eigenvalue weighted by atomic mass is 16.5. The molecule has 6 heteroatoms. The number of ether oxygens (including phenoxy) is 1. The standard InChI is InChI=1S/C17H29N5O/c1-4-5-8-19-17(18-3)21-12-15-6-7-16(20-11-15)22-9-10-23-14(2)13-22/h6-7,11,14H,4-5,8-10,12-13H2,1-3H3,(H2,18,19,21). The zero-order valence-electron chi connectivity index (χ0n) is 14.5. The number of unbranched alkanes of at least 4 members (excludes halogenated alkanes) is 1. The van der Waals surface area contributed by atoms with Gasteiger partial charge in [0.2, 0.25) is 0 Å². The van der Waals surface area contributed by atoms with Crippen LogP contribution in [0.25, 0.3) is 0 Å². The van der Waals surface area contributed by atoms with E-state index >= 15 is 0 Å². The molecule has 23 heavy (non-hydrogen) atoms. The minimum absolute atomic E-state index is 0.268. The third kappa shape index (κ3) is 5.71. The molecule has 1 fully saturated rings. The molecule has 0 amide bonds. The van der Waals surface area contributed by atoms with Crippen molar-refractivity contribution in [1.82, 2.24) is 15.6 Å². The molecule has 1 aliphatic rings. The second-order valence-corrected chi connectivity index (χ2v) is 5.86. The fourth-order valence-electron chi connectivity index (χ4n) is 2.52. The van der Waals surface area contributed by atoms with Crippen LogP contribution in [-0.2, 0) is 11.3 Å². The number of nitrogens with one attached hydrogen (secondary N) is 2. The van der Waals surface area contributed by atoms with Gasteiger partial charge in [0.25, 0.3) is 0 Å². The zero-order chi connectivity index (χ0) is 16.5. The van der Waals surface area contributed by atoms with Crippen LogP contribution in [0.15, 0.2) is 23.3 Å². The molecule has 128 valence electrons. The Balaban J connectivity index is 1.82. The second kappa shape index (κ2) is 9.35. The number of morpholine rings is 1. The first-order valence-electron chi connectivity index (χ1n) is 8.49. The lowest BCUT2D eigenvalue weighted by Gasteiger charge is -2.32. The fraction of sp³-hybridized carbons (Fsp3) is 0.647. The van der Waals surface area contributed by atoms with Crippen LogP contribution in [0.1, 0.15) is 32.3 Å². The number of anilines is 1. The van der Waals surface area contributed by atoms with E-state index in [-0.39, 0.29) is 6.10 Å². The van der Waals surface area contributed by atoms with Crippen molar-refractivity contribution in [3.63, 3.8) is 0 Å². The molecule has 1 unspecified atom stereocenters. The first-order valence-corrected chi connectivity index (χ1v) is 8.49. The molecular weight excluding hydrogens is 290 g/mol. The second-order valence-electron chi connectivity index (χ2n) is 5.86. The number of aliphatic imine (C=N–C) groups is 1. The minimum Gasteiger partial charge on any atom is -0.375 e. The summed E-state index contributed by atoms with van der Waals surface area (Å²) in [5.74, 6) is 1.86. The maximum Gasteiger partial charge on any atom is 0.191 e. The number of nitrogens with zero attached hydrogens (tertiary/aromatic N) is 3. The summed E-state index contributed by atoms with van der Waals surface area (Å²) in [6.07, 6.45) is 4.52. The lowest BCUT2D eigenvalue weighted by Crippen LogP contribution is -2.41. The molecule has 0 bridgehead atoms. The van der Waals surface area contributed by atoms with Crippen molar-refractivity contribution < 1.29 is 4.74 Å². The van der Waals surface area contributed by atoms with E-state index in [1.54, 1.807) is 7.05 Å². The van der Waals surface area contributed by atoms with E-state index in [2.05, 4.69) is 51.5 Å². The summed E-state index contributed by atoms with van der Waals surface area (Å²) < 4.78 is 5.57. The molecule has 1 aliphatic heterocycles. The third-order valence-corrected chi connectivity index (χ3v) is 3.88. The summed E-state index contributed by atoms with van der Waals surface area (Å²) in [5.41, 5.74) is 1.15. The van der Waals surface area contributed by atoms with Crippen molar-refractivity contribution in [2.24, 2.45) is 4.99 Å². The van der Waals surface area contributed by atoms with E-state index in [4.69, 9.17) is 4.74 Å². The molecule has 1 aromatic heterocycles. The van der Waals surface area contributed by atoms with E-state index in [1.807, 2.05) is 6.20 Å². The molecule has 2 rings (SSSR count). The minimum atomic E-state index is 0.268. The van der Waals surface area contributed by atoms with Gasteiger partial charge in [-0.15, -0.1) is 0 Å². The van der Waals surface area contributed by atoms with Crippen LogP contribution in [0, 0.1) is 0 Å². The van der Waals surface area contributed by atoms with Crippen LogP contribution in [-0.4, -0.2) is 50.3 Å². The number of guanidine groups is 1. The van der Waals surface area contributed by atoms with Gasteiger partial charge >= 0.3 is 0 Å². The average molecular weight is 319 g/mol. The normalized spacial score (nSPS) is 18.8. The molecule has 1 saturated heterocycles. The van der Waals surface area contributed by atoms with Gasteiger partial charge in [0.05, 0.1) is 12.7 Å². The highest BCUT2D eigenvalue weighted by Crippen LogP contribution is 2.15. The first-order chi connectivity index (χ1) is 11.2. The van der Waals surface area contributed by atoms with Crippen molar-refractivity contribution >= 4 is 11.8 Å². The van der Waals surface area contributed by atoms with E-state index in [0.717, 1.165) is 56.5 Å². The molecule has 2 heterocycles. The highest BCUT2D eigenvalue weighted by molar-refractivity contribution is 5.79. The summed E-state index contributed by atoms with van der Waals surface area (Å²) in [5, 5.41) is 6.62. The van der Waals surface area contributed by atoms with Crippen LogP contribution < -0.4 is 15.5 Å². The van der Waals surface area contributed by atoms with Gasteiger partial charge < -0.3 is 20.3 Å². The number of rotatable bonds is 6. The SMILES string of the molecule is CCCCNC(=NC)NCc1ccc(N2CCOC(C)C2)nc1. The van der Waals surface area contributed by atoms with Crippen LogP contribution in [0.3, 0.4) is 0 Å². The molecule has 0 aromatic carbocycles. The van der Waals surface area contributed by atoms with Crippen LogP contribution >= 0.6 is 0 Å². The Hall–Kier alpha value is -1.82. The van der Waals surface area contributed by atoms with Gasteiger partial charge in [-0.1, -0.05) is 19.4 Å². The molecule has 0 saturated carbocycles. The van der Waals surface area contributed by atoms with Crippen molar-refractivity contribution in [1.29, 1.82) is 0 Å². The molecule has 1 atom stereocenters. The van der Waals surface area contributed by atoms with Gasteiger partial charge in [0.1, 0.15) is 5.82 Å². The van der Waals surface area contributed by atoms with E-state index in [1.165, 1.54) is 6.42 Å². The van der Waals surface area contributed by atoms with E-state index in [9.17, 15) is 0 Å². The Morgan fingerprint density at radius 3 is 2.96 bits per heavy atom. The first kappa shape index (κ1) is 17.5. The molecule has 0 spiro atoms. The summed E-state index contributed by atoms with van der Waals surface area (Å²) in [6.45, 7) is 8.52. The predicted octanol–water partition coefficient (Wildman–Crippen LogP) is 1.77. The predicted molar refractivity (Wildman–Crippen MR) is 95.0 cm³/mol. The zero-order valence-corrected chi connectivity index (χ0v) is 14.5. The smallest absolute Gasteiger partial charge is 0.191 e. The largest absolute Gasteiger partial charge is 0.375 e. The number of hydrogen-bond donors (Lipinski definition) is 2. The monoisotopic (exact) mass is 319 g/mol.